The van der Waals surface area contributed by atoms with Gasteiger partial charge in [0.25, 0.3) is 0 Å². The molecule has 0 aliphatic heterocycles. The monoisotopic (exact) mass is 401 g/mol. The van der Waals surface area contributed by atoms with Crippen LogP contribution < -0.4 is 0 Å². The van der Waals surface area contributed by atoms with E-state index in [9.17, 15) is 0 Å². The van der Waals surface area contributed by atoms with E-state index < -0.39 is 0 Å². The third-order valence-electron chi connectivity index (χ3n) is 4.35. The number of hydrogen-bond acceptors (Lipinski definition) is 5. The lowest BCUT2D eigenvalue weighted by Crippen LogP contribution is -2.05. The molecule has 0 radical (unpaired) electrons. The van der Waals surface area contributed by atoms with E-state index in [1.807, 2.05) is 35.7 Å². The molecule has 8 heteroatoms. The molecule has 0 aliphatic rings. The van der Waals surface area contributed by atoms with Crippen LogP contribution >= 0.6 is 23.4 Å². The molecule has 0 fully saturated rings. The van der Waals surface area contributed by atoms with Gasteiger partial charge in [-0.2, -0.15) is 0 Å². The number of imidazole rings is 2. The molecule has 4 rings (SSSR count). The lowest BCUT2D eigenvalue weighted by Gasteiger charge is -2.07. The zero-order chi connectivity index (χ0) is 19.0. The highest BCUT2D eigenvalue weighted by Gasteiger charge is 2.13. The zero-order valence-electron chi connectivity index (χ0n) is 15.4. The summed E-state index contributed by atoms with van der Waals surface area (Å²) in [6.07, 6.45) is 2.04. The van der Waals surface area contributed by atoms with E-state index in [1.165, 1.54) is 0 Å². The molecule has 0 atom stereocenters. The van der Waals surface area contributed by atoms with Crippen LogP contribution in [0.4, 0.5) is 0 Å². The van der Waals surface area contributed by atoms with Crippen molar-refractivity contribution in [2.45, 2.75) is 31.3 Å². The molecule has 3 aromatic heterocycles. The number of hydrogen-bond donors (Lipinski definition) is 0. The van der Waals surface area contributed by atoms with Crippen molar-refractivity contribution in [1.82, 2.24) is 23.9 Å². The lowest BCUT2D eigenvalue weighted by molar-refractivity contribution is 0.186. The first kappa shape index (κ1) is 18.3. The van der Waals surface area contributed by atoms with E-state index in [1.54, 1.807) is 18.9 Å². The molecule has 0 saturated heterocycles. The average Bonchev–Trinajstić information content (AvgIpc) is 3.18. The number of methoxy groups -OCH3 is 1. The van der Waals surface area contributed by atoms with E-state index in [-0.39, 0.29) is 0 Å². The van der Waals surface area contributed by atoms with Crippen LogP contribution in [0.1, 0.15) is 17.1 Å². The van der Waals surface area contributed by atoms with E-state index in [0.29, 0.717) is 17.4 Å². The molecule has 0 unspecified atom stereocenters. The molecule has 0 aliphatic carbocycles. The summed E-state index contributed by atoms with van der Waals surface area (Å²) < 4.78 is 9.46. The number of halogens is 1. The molecule has 3 heterocycles. The standard InChI is InChI=1S/C19H20ClN5OS/c1-12-8-13(2)25-10-15(22-18(25)21-12)11-27-19-23-16-9-14(20)4-5-17(16)24(19)6-7-26-3/h4-5,8-10H,6-7,11H2,1-3H3. The van der Waals surface area contributed by atoms with E-state index >= 15 is 0 Å². The number of benzene rings is 1. The van der Waals surface area contributed by atoms with E-state index in [0.717, 1.165) is 45.6 Å². The minimum atomic E-state index is 0.623. The van der Waals surface area contributed by atoms with Gasteiger partial charge in [-0.1, -0.05) is 23.4 Å². The van der Waals surface area contributed by atoms with Crippen molar-refractivity contribution in [3.8, 4) is 0 Å². The molecular weight excluding hydrogens is 382 g/mol. The van der Waals surface area contributed by atoms with Crippen molar-refractivity contribution in [3.05, 3.63) is 52.6 Å². The highest BCUT2D eigenvalue weighted by Crippen LogP contribution is 2.28. The first-order valence-corrected chi connectivity index (χ1v) is 10.0. The molecule has 6 nitrogen and oxygen atoms in total. The second-order valence-electron chi connectivity index (χ2n) is 6.40. The van der Waals surface area contributed by atoms with Gasteiger partial charge < -0.3 is 9.30 Å². The second-order valence-corrected chi connectivity index (χ2v) is 7.78. The summed E-state index contributed by atoms with van der Waals surface area (Å²) in [7, 11) is 1.71. The molecule has 1 aromatic carbocycles. The van der Waals surface area contributed by atoms with Crippen molar-refractivity contribution in [1.29, 1.82) is 0 Å². The van der Waals surface area contributed by atoms with Gasteiger partial charge in [0.15, 0.2) is 5.16 Å². The number of ether oxygens (including phenoxy) is 1. The van der Waals surface area contributed by atoms with E-state index in [2.05, 4.69) is 27.5 Å². The Hall–Kier alpha value is -2.09. The van der Waals surface area contributed by atoms with Crippen molar-refractivity contribution < 1.29 is 4.74 Å². The van der Waals surface area contributed by atoms with Crippen LogP contribution in [0.5, 0.6) is 0 Å². The lowest BCUT2D eigenvalue weighted by atomic mass is 10.3. The van der Waals surface area contributed by atoms with Crippen molar-refractivity contribution in [2.75, 3.05) is 13.7 Å². The van der Waals surface area contributed by atoms with Crippen molar-refractivity contribution in [3.63, 3.8) is 0 Å². The van der Waals surface area contributed by atoms with Gasteiger partial charge in [0.1, 0.15) is 0 Å². The van der Waals surface area contributed by atoms with Crippen LogP contribution in [0.25, 0.3) is 16.8 Å². The molecule has 27 heavy (non-hydrogen) atoms. The molecule has 0 amide bonds. The quantitative estimate of drug-likeness (QED) is 0.451. The fourth-order valence-corrected chi connectivity index (χ4v) is 4.21. The van der Waals surface area contributed by atoms with Gasteiger partial charge >= 0.3 is 0 Å². The maximum absolute atomic E-state index is 6.13. The summed E-state index contributed by atoms with van der Waals surface area (Å²) in [5.74, 6) is 1.45. The Labute approximate surface area is 166 Å². The Morgan fingerprint density at radius 1 is 1.15 bits per heavy atom. The van der Waals surface area contributed by atoms with Gasteiger partial charge in [-0.15, -0.1) is 0 Å². The van der Waals surface area contributed by atoms with Crippen LogP contribution in [0.2, 0.25) is 5.02 Å². The Bertz CT molecular complexity index is 1120. The molecular formula is C19H20ClN5OS. The van der Waals surface area contributed by atoms with Crippen LogP contribution in [-0.2, 0) is 17.0 Å². The number of nitrogens with zero attached hydrogens (tertiary/aromatic N) is 5. The summed E-state index contributed by atoms with van der Waals surface area (Å²) in [5, 5.41) is 1.62. The van der Waals surface area contributed by atoms with Crippen molar-refractivity contribution >= 4 is 40.2 Å². The molecule has 0 bridgehead atoms. The normalized spacial score (nSPS) is 11.7. The third kappa shape index (κ3) is 3.67. The molecule has 0 spiro atoms. The number of rotatable bonds is 6. The number of aromatic nitrogens is 5. The summed E-state index contributed by atoms with van der Waals surface area (Å²) in [6, 6.07) is 7.85. The van der Waals surface area contributed by atoms with Crippen LogP contribution in [0.15, 0.2) is 35.6 Å². The topological polar surface area (TPSA) is 57.2 Å². The second kappa shape index (κ2) is 7.50. The highest BCUT2D eigenvalue weighted by molar-refractivity contribution is 7.98. The van der Waals surface area contributed by atoms with Gasteiger partial charge in [-0.05, 0) is 38.1 Å². The highest BCUT2D eigenvalue weighted by atomic mass is 35.5. The Kier molecular flexibility index (Phi) is 5.08. The van der Waals surface area contributed by atoms with Crippen molar-refractivity contribution in [2.24, 2.45) is 0 Å². The SMILES string of the molecule is COCCn1c(SCc2cn3c(C)cc(C)nc3n2)nc2cc(Cl)ccc21. The Morgan fingerprint density at radius 3 is 2.81 bits per heavy atom. The minimum absolute atomic E-state index is 0.623. The number of thioether (sulfide) groups is 1. The molecule has 0 N–H and O–H groups in total. The smallest absolute Gasteiger partial charge is 0.234 e. The number of fused-ring (bicyclic) bond motifs is 2. The van der Waals surface area contributed by atoms with Gasteiger partial charge in [0.2, 0.25) is 5.78 Å². The largest absolute Gasteiger partial charge is 0.383 e. The predicted octanol–water partition coefficient (Wildman–Crippen LogP) is 4.29. The van der Waals surface area contributed by atoms with Gasteiger partial charge in [-0.3, -0.25) is 4.40 Å². The molecule has 4 aromatic rings. The molecule has 0 saturated carbocycles. The van der Waals surface area contributed by atoms with Gasteiger partial charge in [0.05, 0.1) is 23.3 Å². The third-order valence-corrected chi connectivity index (χ3v) is 5.60. The van der Waals surface area contributed by atoms with Gasteiger partial charge in [-0.25, -0.2) is 15.0 Å². The van der Waals surface area contributed by atoms with Crippen LogP contribution in [0, 0.1) is 13.8 Å². The van der Waals surface area contributed by atoms with E-state index in [4.69, 9.17) is 21.3 Å². The average molecular weight is 402 g/mol. The first-order valence-electron chi connectivity index (χ1n) is 8.65. The fraction of sp³-hybridized carbons (Fsp3) is 0.316. The minimum Gasteiger partial charge on any atom is -0.383 e. The van der Waals surface area contributed by atoms with Crippen LogP contribution in [-0.4, -0.2) is 37.6 Å². The fourth-order valence-electron chi connectivity index (χ4n) is 3.12. The Balaban J connectivity index is 1.64. The maximum Gasteiger partial charge on any atom is 0.234 e. The van der Waals surface area contributed by atoms with Crippen LogP contribution in [0.3, 0.4) is 0 Å². The summed E-state index contributed by atoms with van der Waals surface area (Å²) >= 11 is 7.79. The predicted molar refractivity (Wildman–Crippen MR) is 109 cm³/mol. The Morgan fingerprint density at radius 2 is 2.00 bits per heavy atom. The summed E-state index contributed by atoms with van der Waals surface area (Å²) in [4.78, 5) is 13.9. The molecule has 140 valence electrons. The number of aryl methyl sites for hydroxylation is 2. The first-order chi connectivity index (χ1) is 13.0. The van der Waals surface area contributed by atoms with Gasteiger partial charge in [0, 0.05) is 42.0 Å². The summed E-state index contributed by atoms with van der Waals surface area (Å²) in [5.41, 5.74) is 5.03. The maximum atomic E-state index is 6.13. The summed E-state index contributed by atoms with van der Waals surface area (Å²) in [6.45, 7) is 5.41. The zero-order valence-corrected chi connectivity index (χ0v) is 17.0.